The lowest BCUT2D eigenvalue weighted by Crippen LogP contribution is -1.81. The highest BCUT2D eigenvalue weighted by Crippen LogP contribution is 2.48. The molecule has 0 aliphatic carbocycles. The number of aryl methyl sites for hydroxylation is 4. The van der Waals surface area contributed by atoms with Gasteiger partial charge in [-0.3, -0.25) is 0 Å². The van der Waals surface area contributed by atoms with Gasteiger partial charge in [-0.05, 0) is 132 Å². The fraction of sp³-hybridized carbons (Fsp3) is 0.0952. The van der Waals surface area contributed by atoms with Crippen LogP contribution < -0.4 is 0 Å². The first kappa shape index (κ1) is 29.3. The van der Waals surface area contributed by atoms with Crippen molar-refractivity contribution < 1.29 is 0 Å². The lowest BCUT2D eigenvalue weighted by molar-refractivity contribution is 1.54. The number of rotatable bonds is 4. The molecular weight excluding hydrogens is 697 g/mol. The second-order valence-corrected chi connectivity index (χ2v) is 19.5. The van der Waals surface area contributed by atoms with Crippen molar-refractivity contribution in [1.82, 2.24) is 0 Å². The molecule has 232 valence electrons. The summed E-state index contributed by atoms with van der Waals surface area (Å²) in [7, 11) is 0. The summed E-state index contributed by atoms with van der Waals surface area (Å²) < 4.78 is 2.72. The van der Waals surface area contributed by atoms with Crippen molar-refractivity contribution in [2.24, 2.45) is 0 Å². The van der Waals surface area contributed by atoms with Crippen LogP contribution >= 0.6 is 68.0 Å². The molecule has 0 N–H and O–H groups in total. The molecule has 0 fully saturated rings. The first-order valence-electron chi connectivity index (χ1n) is 16.0. The van der Waals surface area contributed by atoms with Crippen molar-refractivity contribution in [2.45, 2.75) is 27.7 Å². The van der Waals surface area contributed by atoms with Crippen LogP contribution in [0.3, 0.4) is 0 Å². The molecule has 4 aromatic carbocycles. The number of hydrogen-bond acceptors (Lipinski definition) is 6. The summed E-state index contributed by atoms with van der Waals surface area (Å²) in [5, 5.41) is 10.8. The van der Waals surface area contributed by atoms with Crippen molar-refractivity contribution in [1.29, 1.82) is 0 Å². The maximum Gasteiger partial charge on any atom is 0.0478 e. The summed E-state index contributed by atoms with van der Waals surface area (Å²) >= 11 is 11.5. The van der Waals surface area contributed by atoms with Crippen molar-refractivity contribution in [3.8, 4) is 39.0 Å². The number of fused-ring (bicyclic) bond motifs is 9. The topological polar surface area (TPSA) is 0 Å². The van der Waals surface area contributed by atoms with Crippen LogP contribution in [0, 0.1) is 27.7 Å². The zero-order valence-electron chi connectivity index (χ0n) is 26.7. The fourth-order valence-electron chi connectivity index (χ4n) is 7.17. The highest BCUT2D eigenvalue weighted by molar-refractivity contribution is 7.30. The van der Waals surface area contributed by atoms with Gasteiger partial charge in [-0.1, -0.05) is 36.4 Å². The standard InChI is InChI=1S/C42H28S6/c1-21-17-38(47-41(21)36-12-5-23(3)43-36)39-18-22(2)42(48-39)37-16-15-35(46-37)40-20-32-30-9-7-25-26(28(30)11-14-34(32)45-40)6-8-29-27(25)10-13-33-31(29)19-24(4)44-33/h5-20H,1-4H3. The van der Waals surface area contributed by atoms with Gasteiger partial charge < -0.3 is 0 Å². The Morgan fingerprint density at radius 3 is 1.33 bits per heavy atom. The molecule has 0 spiro atoms. The first-order valence-corrected chi connectivity index (χ1v) is 20.9. The normalized spacial score (nSPS) is 12.2. The molecule has 0 aliphatic rings. The zero-order valence-corrected chi connectivity index (χ0v) is 31.6. The molecule has 6 heterocycles. The van der Waals surface area contributed by atoms with Crippen LogP contribution in [-0.2, 0) is 0 Å². The Balaban J connectivity index is 1.02. The maximum absolute atomic E-state index is 2.43. The molecule has 0 saturated heterocycles. The summed E-state index contributed by atoms with van der Waals surface area (Å²) in [6, 6.07) is 37.4. The van der Waals surface area contributed by atoms with Gasteiger partial charge in [0.1, 0.15) is 0 Å². The maximum atomic E-state index is 2.43. The SMILES string of the molecule is Cc1ccc(-c2sc(-c3cc(C)c(-c4ccc(-c5cc6c(ccc7c6ccc6c8ccc9sc(C)cc9c8ccc76)s5)s4)s3)cc2C)s1. The lowest BCUT2D eigenvalue weighted by Gasteiger charge is -2.09. The van der Waals surface area contributed by atoms with Gasteiger partial charge in [-0.2, -0.15) is 0 Å². The van der Waals surface area contributed by atoms with Gasteiger partial charge in [-0.15, -0.1) is 68.0 Å². The summed E-state index contributed by atoms with van der Waals surface area (Å²) in [5.74, 6) is 0. The number of benzene rings is 4. The molecule has 6 heteroatoms. The van der Waals surface area contributed by atoms with Gasteiger partial charge in [0.2, 0.25) is 0 Å². The fourth-order valence-corrected chi connectivity index (χ4v) is 13.9. The Morgan fingerprint density at radius 2 is 0.750 bits per heavy atom. The predicted molar refractivity (Wildman–Crippen MR) is 222 cm³/mol. The third kappa shape index (κ3) is 4.54. The predicted octanol–water partition coefficient (Wildman–Crippen LogP) is 15.7. The van der Waals surface area contributed by atoms with Gasteiger partial charge in [0.05, 0.1) is 0 Å². The molecular formula is C42H28S6. The van der Waals surface area contributed by atoms with Crippen molar-refractivity contribution in [3.63, 3.8) is 0 Å². The van der Waals surface area contributed by atoms with E-state index >= 15 is 0 Å². The third-order valence-electron chi connectivity index (χ3n) is 9.43. The van der Waals surface area contributed by atoms with Crippen LogP contribution in [0.2, 0.25) is 0 Å². The average Bonchev–Trinajstić information content (AvgIpc) is 3.92. The van der Waals surface area contributed by atoms with E-state index in [1.165, 1.54) is 112 Å². The quantitative estimate of drug-likeness (QED) is 0.159. The summed E-state index contributed by atoms with van der Waals surface area (Å²) in [5.41, 5.74) is 2.73. The molecule has 0 amide bonds. The van der Waals surface area contributed by atoms with Crippen LogP contribution in [0.15, 0.2) is 97.1 Å². The minimum Gasteiger partial charge on any atom is -0.141 e. The molecule has 48 heavy (non-hydrogen) atoms. The van der Waals surface area contributed by atoms with E-state index < -0.39 is 0 Å². The minimum atomic E-state index is 1.34. The Morgan fingerprint density at radius 1 is 0.292 bits per heavy atom. The van der Waals surface area contributed by atoms with E-state index in [0.29, 0.717) is 0 Å². The first-order chi connectivity index (χ1) is 23.4. The molecule has 0 nitrogen and oxygen atoms in total. The van der Waals surface area contributed by atoms with E-state index in [-0.39, 0.29) is 0 Å². The largest absolute Gasteiger partial charge is 0.141 e. The van der Waals surface area contributed by atoms with Crippen LogP contribution in [0.25, 0.3) is 91.5 Å². The van der Waals surface area contributed by atoms with Crippen LogP contribution in [0.4, 0.5) is 0 Å². The third-order valence-corrected chi connectivity index (χ3v) is 16.9. The monoisotopic (exact) mass is 724 g/mol. The Kier molecular flexibility index (Phi) is 6.68. The summed E-state index contributed by atoms with van der Waals surface area (Å²) in [4.78, 5) is 13.7. The average molecular weight is 725 g/mol. The van der Waals surface area contributed by atoms with E-state index in [2.05, 4.69) is 125 Å². The highest BCUT2D eigenvalue weighted by atomic mass is 32.1. The molecule has 0 saturated carbocycles. The lowest BCUT2D eigenvalue weighted by atomic mass is 9.95. The van der Waals surface area contributed by atoms with E-state index in [0.717, 1.165) is 0 Å². The van der Waals surface area contributed by atoms with Gasteiger partial charge in [0, 0.05) is 68.9 Å². The van der Waals surface area contributed by atoms with Crippen LogP contribution in [0.1, 0.15) is 20.9 Å². The molecule has 6 aromatic heterocycles. The number of hydrogen-bond donors (Lipinski definition) is 0. The second-order valence-electron chi connectivity index (χ2n) is 12.7. The smallest absolute Gasteiger partial charge is 0.0478 e. The van der Waals surface area contributed by atoms with Gasteiger partial charge >= 0.3 is 0 Å². The van der Waals surface area contributed by atoms with E-state index in [9.17, 15) is 0 Å². The molecule has 0 bridgehead atoms. The summed E-state index contributed by atoms with van der Waals surface area (Å²) in [6.07, 6.45) is 0. The van der Waals surface area contributed by atoms with Crippen LogP contribution in [-0.4, -0.2) is 0 Å². The molecule has 0 atom stereocenters. The highest BCUT2D eigenvalue weighted by Gasteiger charge is 2.18. The summed E-state index contributed by atoms with van der Waals surface area (Å²) in [6.45, 7) is 8.91. The zero-order chi connectivity index (χ0) is 32.3. The van der Waals surface area contributed by atoms with Crippen molar-refractivity contribution >= 4 is 121 Å². The Hall–Kier alpha value is -3.62. The second kappa shape index (κ2) is 10.9. The Bertz CT molecular complexity index is 2890. The van der Waals surface area contributed by atoms with Crippen LogP contribution in [0.5, 0.6) is 0 Å². The molecule has 10 aromatic rings. The van der Waals surface area contributed by atoms with Crippen molar-refractivity contribution in [2.75, 3.05) is 0 Å². The van der Waals surface area contributed by atoms with Crippen molar-refractivity contribution in [3.05, 3.63) is 118 Å². The number of thiophene rings is 6. The molecule has 10 rings (SSSR count). The van der Waals surface area contributed by atoms with Gasteiger partial charge in [-0.25, -0.2) is 0 Å². The molecule has 0 aliphatic heterocycles. The van der Waals surface area contributed by atoms with Gasteiger partial charge in [0.25, 0.3) is 0 Å². The van der Waals surface area contributed by atoms with E-state index in [1.54, 1.807) is 0 Å². The van der Waals surface area contributed by atoms with E-state index in [1.807, 2.05) is 68.0 Å². The minimum absolute atomic E-state index is 1.34. The Labute approximate surface area is 302 Å². The van der Waals surface area contributed by atoms with Gasteiger partial charge in [0.15, 0.2) is 0 Å². The molecule has 0 radical (unpaired) electrons. The molecule has 0 unspecified atom stereocenters. The van der Waals surface area contributed by atoms with E-state index in [4.69, 9.17) is 0 Å².